The first-order valence-electron chi connectivity index (χ1n) is 12.8. The zero-order chi connectivity index (χ0) is 26.4. The predicted octanol–water partition coefficient (Wildman–Crippen LogP) is 9.86. The van der Waals surface area contributed by atoms with Crippen LogP contribution in [0.25, 0.3) is 11.1 Å². The predicted molar refractivity (Wildman–Crippen MR) is 134 cm³/mol. The van der Waals surface area contributed by atoms with Crippen LogP contribution in [0.15, 0.2) is 60.7 Å². The average Bonchev–Trinajstić information content (AvgIpc) is 2.87. The zero-order valence-corrected chi connectivity index (χ0v) is 20.8. The molecule has 1 aliphatic carbocycles. The number of alkyl halides is 3. The van der Waals surface area contributed by atoms with E-state index in [4.69, 9.17) is 4.74 Å². The van der Waals surface area contributed by atoms with Gasteiger partial charge in [-0.05, 0) is 60.6 Å². The van der Waals surface area contributed by atoms with Crippen molar-refractivity contribution in [2.45, 2.75) is 64.7 Å². The molecule has 0 aliphatic heterocycles. The van der Waals surface area contributed by atoms with Gasteiger partial charge < -0.3 is 9.47 Å². The van der Waals surface area contributed by atoms with E-state index >= 15 is 8.78 Å². The van der Waals surface area contributed by atoms with Gasteiger partial charge in [-0.3, -0.25) is 0 Å². The Morgan fingerprint density at radius 3 is 2.00 bits per heavy atom. The highest BCUT2D eigenvalue weighted by molar-refractivity contribution is 5.72. The molecule has 0 bridgehead atoms. The summed E-state index contributed by atoms with van der Waals surface area (Å²) in [5, 5.41) is 0. The minimum atomic E-state index is -4.82. The zero-order valence-electron chi connectivity index (χ0n) is 20.8. The van der Waals surface area contributed by atoms with E-state index in [1.807, 2.05) is 0 Å². The summed E-state index contributed by atoms with van der Waals surface area (Å²) in [6.45, 7) is 2.20. The highest BCUT2D eigenvalue weighted by atomic mass is 19.4. The number of halogens is 5. The lowest BCUT2D eigenvalue weighted by molar-refractivity contribution is -0.274. The fraction of sp³-hybridized carbons (Fsp3) is 0.400. The molecule has 3 aromatic rings. The molecule has 0 atom stereocenters. The van der Waals surface area contributed by atoms with Crippen LogP contribution in [0.4, 0.5) is 22.0 Å². The lowest BCUT2D eigenvalue weighted by Crippen LogP contribution is -2.16. The van der Waals surface area contributed by atoms with Gasteiger partial charge in [0, 0.05) is 11.1 Å². The summed E-state index contributed by atoms with van der Waals surface area (Å²) in [7, 11) is 0. The Morgan fingerprint density at radius 1 is 0.811 bits per heavy atom. The second-order valence-electron chi connectivity index (χ2n) is 9.73. The van der Waals surface area contributed by atoms with Crippen LogP contribution < -0.4 is 9.47 Å². The second kappa shape index (κ2) is 12.0. The van der Waals surface area contributed by atoms with Crippen molar-refractivity contribution in [1.29, 1.82) is 0 Å². The molecule has 3 aromatic carbocycles. The lowest BCUT2D eigenvalue weighted by atomic mass is 9.78. The van der Waals surface area contributed by atoms with Gasteiger partial charge in [0.15, 0.2) is 11.6 Å². The molecular weight excluding hydrogens is 487 g/mol. The van der Waals surface area contributed by atoms with E-state index in [1.165, 1.54) is 43.9 Å². The highest BCUT2D eigenvalue weighted by Crippen LogP contribution is 2.40. The Balaban J connectivity index is 1.58. The smallest absolute Gasteiger partial charge is 0.454 e. The van der Waals surface area contributed by atoms with Crippen LogP contribution in [0, 0.1) is 23.5 Å². The molecule has 1 saturated carbocycles. The standard InChI is InChI=1S/C30H31F5O2/c1-2-6-20-9-11-21(12-10-20)13-18-25-27(31)19-26(22-7-4-3-5-8-22)29(28(25)32)36-23-14-16-24(17-15-23)37-30(33,34)35/h3-5,7-8,14-17,19-21H,2,6,9-13,18H2,1H3/t20-,21-. The van der Waals surface area contributed by atoms with E-state index in [2.05, 4.69) is 11.7 Å². The van der Waals surface area contributed by atoms with Gasteiger partial charge in [-0.15, -0.1) is 13.2 Å². The van der Waals surface area contributed by atoms with Gasteiger partial charge in [0.1, 0.15) is 17.3 Å². The van der Waals surface area contributed by atoms with Crippen LogP contribution in [0.3, 0.4) is 0 Å². The van der Waals surface area contributed by atoms with E-state index in [9.17, 15) is 13.2 Å². The van der Waals surface area contributed by atoms with E-state index in [1.54, 1.807) is 30.3 Å². The molecule has 0 N–H and O–H groups in total. The van der Waals surface area contributed by atoms with Crippen molar-refractivity contribution in [2.75, 3.05) is 0 Å². The largest absolute Gasteiger partial charge is 0.573 e. The summed E-state index contributed by atoms with van der Waals surface area (Å²) in [6, 6.07) is 14.7. The molecule has 0 spiro atoms. The van der Waals surface area contributed by atoms with Crippen LogP contribution in [-0.2, 0) is 6.42 Å². The van der Waals surface area contributed by atoms with E-state index in [0.29, 0.717) is 17.9 Å². The van der Waals surface area contributed by atoms with Gasteiger partial charge >= 0.3 is 6.36 Å². The first kappa shape index (κ1) is 27.0. The summed E-state index contributed by atoms with van der Waals surface area (Å²) >= 11 is 0. The minimum Gasteiger partial charge on any atom is -0.454 e. The maximum Gasteiger partial charge on any atom is 0.573 e. The normalized spacial score (nSPS) is 18.0. The van der Waals surface area contributed by atoms with Gasteiger partial charge in [0.2, 0.25) is 0 Å². The fourth-order valence-electron chi connectivity index (χ4n) is 5.19. The summed E-state index contributed by atoms with van der Waals surface area (Å²) < 4.78 is 78.2. The van der Waals surface area contributed by atoms with E-state index in [-0.39, 0.29) is 29.0 Å². The van der Waals surface area contributed by atoms with Crippen LogP contribution in [0.5, 0.6) is 17.2 Å². The quantitative estimate of drug-likeness (QED) is 0.263. The lowest BCUT2D eigenvalue weighted by Gasteiger charge is -2.28. The molecule has 0 unspecified atom stereocenters. The SMILES string of the molecule is CCC[C@H]1CC[C@H](CCc2c(F)cc(-c3ccccc3)c(Oc3ccc(OC(F)(F)F)cc3)c2F)CC1. The second-order valence-corrected chi connectivity index (χ2v) is 9.73. The van der Waals surface area contributed by atoms with Gasteiger partial charge in [0.25, 0.3) is 0 Å². The third kappa shape index (κ3) is 7.24. The number of hydrogen-bond donors (Lipinski definition) is 0. The molecule has 1 aliphatic rings. The number of hydrogen-bond acceptors (Lipinski definition) is 2. The van der Waals surface area contributed by atoms with Gasteiger partial charge in [-0.25, -0.2) is 8.78 Å². The molecule has 4 rings (SSSR count). The topological polar surface area (TPSA) is 18.5 Å². The molecule has 0 radical (unpaired) electrons. The van der Waals surface area contributed by atoms with Crippen molar-refractivity contribution in [2.24, 2.45) is 11.8 Å². The van der Waals surface area contributed by atoms with Crippen molar-refractivity contribution >= 4 is 0 Å². The fourth-order valence-corrected chi connectivity index (χ4v) is 5.19. The van der Waals surface area contributed by atoms with Crippen molar-refractivity contribution in [3.63, 3.8) is 0 Å². The van der Waals surface area contributed by atoms with Gasteiger partial charge in [-0.2, -0.15) is 0 Å². The Bertz CT molecular complexity index is 1150. The summed E-state index contributed by atoms with van der Waals surface area (Å²) in [4.78, 5) is 0. The minimum absolute atomic E-state index is 0.0256. The Morgan fingerprint density at radius 2 is 1.41 bits per heavy atom. The van der Waals surface area contributed by atoms with Crippen LogP contribution in [0.2, 0.25) is 0 Å². The Hall–Kier alpha value is -3.09. The van der Waals surface area contributed by atoms with Crippen molar-refractivity contribution in [3.8, 4) is 28.4 Å². The van der Waals surface area contributed by atoms with Crippen LogP contribution in [0.1, 0.15) is 57.4 Å². The molecular formula is C30H31F5O2. The molecule has 7 heteroatoms. The van der Waals surface area contributed by atoms with Crippen molar-refractivity contribution < 1.29 is 31.4 Å². The van der Waals surface area contributed by atoms with Crippen molar-refractivity contribution in [3.05, 3.63) is 77.9 Å². The third-order valence-electron chi connectivity index (χ3n) is 7.10. The summed E-state index contributed by atoms with van der Waals surface area (Å²) in [6.07, 6.45) is 3.03. The molecule has 0 amide bonds. The summed E-state index contributed by atoms with van der Waals surface area (Å²) in [5.41, 5.74) is 0.769. The molecule has 0 saturated heterocycles. The highest BCUT2D eigenvalue weighted by Gasteiger charge is 2.31. The van der Waals surface area contributed by atoms with Crippen molar-refractivity contribution in [1.82, 2.24) is 0 Å². The molecule has 0 heterocycles. The van der Waals surface area contributed by atoms with Crippen LogP contribution >= 0.6 is 0 Å². The number of benzene rings is 3. The molecule has 37 heavy (non-hydrogen) atoms. The third-order valence-corrected chi connectivity index (χ3v) is 7.10. The Kier molecular flexibility index (Phi) is 8.72. The van der Waals surface area contributed by atoms with E-state index < -0.39 is 23.7 Å². The number of rotatable bonds is 9. The maximum atomic E-state index is 15.8. The monoisotopic (exact) mass is 518 g/mol. The van der Waals surface area contributed by atoms with Crippen LogP contribution in [-0.4, -0.2) is 6.36 Å². The number of ether oxygens (including phenoxy) is 2. The molecule has 1 fully saturated rings. The average molecular weight is 519 g/mol. The Labute approximate surface area is 214 Å². The van der Waals surface area contributed by atoms with E-state index in [0.717, 1.165) is 30.9 Å². The molecule has 198 valence electrons. The molecule has 0 aromatic heterocycles. The first-order valence-corrected chi connectivity index (χ1v) is 12.8. The maximum absolute atomic E-state index is 15.8. The summed E-state index contributed by atoms with van der Waals surface area (Å²) in [5.74, 6) is -0.682. The first-order chi connectivity index (χ1) is 17.7. The van der Waals surface area contributed by atoms with Gasteiger partial charge in [-0.1, -0.05) is 75.8 Å². The van der Waals surface area contributed by atoms with Gasteiger partial charge in [0.05, 0.1) is 0 Å². The molecule has 2 nitrogen and oxygen atoms in total.